The highest BCUT2D eigenvalue weighted by Gasteiger charge is 2.30. The van der Waals surface area contributed by atoms with E-state index >= 15 is 0 Å². The quantitative estimate of drug-likeness (QED) is 0.158. The summed E-state index contributed by atoms with van der Waals surface area (Å²) in [5.41, 5.74) is 1.05. The van der Waals surface area contributed by atoms with Crippen LogP contribution in [0.1, 0.15) is 45.4 Å². The van der Waals surface area contributed by atoms with Crippen LogP contribution in [0, 0.1) is 5.92 Å². The number of hydrogen-bond donors (Lipinski definition) is 0. The number of hydrogen-bond acceptors (Lipinski definition) is 6. The zero-order valence-electron chi connectivity index (χ0n) is 16.8. The Morgan fingerprint density at radius 3 is 2.44 bits per heavy atom. The second-order valence-electron chi connectivity index (χ2n) is 7.17. The maximum atomic E-state index is 11.6. The average molecular weight is 516 g/mol. The number of rotatable bonds is 13. The van der Waals surface area contributed by atoms with Crippen molar-refractivity contribution in [2.75, 3.05) is 20.5 Å². The first-order valence-corrected chi connectivity index (χ1v) is 12.1. The highest BCUT2D eigenvalue weighted by atomic mass is 127. The summed E-state index contributed by atoms with van der Waals surface area (Å²) >= 11 is 2.17. The van der Waals surface area contributed by atoms with E-state index in [0.29, 0.717) is 19.3 Å². The first kappa shape index (κ1) is 25.0. The second kappa shape index (κ2) is 11.9. The molecule has 6 nitrogen and oxygen atoms in total. The minimum absolute atomic E-state index is 0.0673. The molecule has 0 aliphatic carbocycles. The second-order valence-corrected chi connectivity index (χ2v) is 10.2. The van der Waals surface area contributed by atoms with Gasteiger partial charge in [0.05, 0.1) is 24.6 Å². The molecule has 1 rings (SSSR count). The fraction of sp³-hybridized carbons (Fsp3) is 0.789. The van der Waals surface area contributed by atoms with Crippen molar-refractivity contribution >= 4 is 32.7 Å². The summed E-state index contributed by atoms with van der Waals surface area (Å²) in [5, 5.41) is 0. The fourth-order valence-electron chi connectivity index (χ4n) is 3.21. The minimum Gasteiger partial charge on any atom is -0.370 e. The van der Waals surface area contributed by atoms with Crippen molar-refractivity contribution in [3.05, 3.63) is 22.3 Å². The van der Waals surface area contributed by atoms with Crippen LogP contribution in [0.3, 0.4) is 0 Å². The van der Waals surface area contributed by atoms with E-state index in [2.05, 4.69) is 35.7 Å². The predicted octanol–water partition coefficient (Wildman–Crippen LogP) is 4.20. The Morgan fingerprint density at radius 2 is 1.93 bits per heavy atom. The lowest BCUT2D eigenvalue weighted by atomic mass is 9.97. The number of ether oxygens (including phenoxy) is 3. The van der Waals surface area contributed by atoms with Crippen LogP contribution in [0.25, 0.3) is 0 Å². The monoisotopic (exact) mass is 516 g/mol. The molecular weight excluding hydrogens is 483 g/mol. The summed E-state index contributed by atoms with van der Waals surface area (Å²) in [5.74, 6) is 0.179. The van der Waals surface area contributed by atoms with E-state index in [1.54, 1.807) is 14.2 Å². The van der Waals surface area contributed by atoms with Crippen molar-refractivity contribution < 1.29 is 26.8 Å². The number of halogens is 1. The van der Waals surface area contributed by atoms with E-state index < -0.39 is 10.1 Å². The van der Waals surface area contributed by atoms with Crippen LogP contribution in [0.5, 0.6) is 0 Å². The van der Waals surface area contributed by atoms with Gasteiger partial charge in [-0.2, -0.15) is 8.42 Å². The van der Waals surface area contributed by atoms with Gasteiger partial charge in [-0.1, -0.05) is 20.1 Å². The van der Waals surface area contributed by atoms with Crippen LogP contribution < -0.4 is 0 Å². The van der Waals surface area contributed by atoms with Gasteiger partial charge >= 0.3 is 0 Å². The summed E-state index contributed by atoms with van der Waals surface area (Å²) in [7, 11) is -0.264. The normalized spacial score (nSPS) is 23.0. The Kier molecular flexibility index (Phi) is 11.0. The molecule has 0 unspecified atom stereocenters. The van der Waals surface area contributed by atoms with E-state index in [1.807, 2.05) is 6.92 Å². The molecule has 1 fully saturated rings. The van der Waals surface area contributed by atoms with Gasteiger partial charge in [-0.25, -0.2) is 0 Å². The van der Waals surface area contributed by atoms with Gasteiger partial charge in [-0.3, -0.25) is 4.18 Å². The van der Waals surface area contributed by atoms with Gasteiger partial charge in [-0.05, 0) is 69.8 Å². The SMILES string of the molecule is C=C1C[C@H](CCC(OC)OC)O[C@H]1CC[C@H](C[C@H](C)C(=C)I)OS(C)(=O)=O. The molecule has 0 bridgehead atoms. The van der Waals surface area contributed by atoms with Crippen molar-refractivity contribution in [3.8, 4) is 0 Å². The number of methoxy groups -OCH3 is 2. The highest BCUT2D eigenvalue weighted by molar-refractivity contribution is 14.1. The number of allylic oxidation sites excluding steroid dienone is 1. The molecule has 0 N–H and O–H groups in total. The van der Waals surface area contributed by atoms with Crippen molar-refractivity contribution in [2.45, 2.75) is 70.1 Å². The van der Waals surface area contributed by atoms with Crippen molar-refractivity contribution in [2.24, 2.45) is 5.92 Å². The molecule has 0 aromatic rings. The van der Waals surface area contributed by atoms with Crippen LogP contribution in [0.4, 0.5) is 0 Å². The summed E-state index contributed by atoms with van der Waals surface area (Å²) in [6.07, 6.45) is 4.80. The van der Waals surface area contributed by atoms with Gasteiger partial charge in [0.2, 0.25) is 0 Å². The maximum Gasteiger partial charge on any atom is 0.264 e. The zero-order valence-corrected chi connectivity index (χ0v) is 19.8. The minimum atomic E-state index is -3.51. The largest absolute Gasteiger partial charge is 0.370 e. The van der Waals surface area contributed by atoms with Crippen LogP contribution in [-0.4, -0.2) is 53.5 Å². The van der Waals surface area contributed by atoms with Crippen LogP contribution in [0.2, 0.25) is 0 Å². The van der Waals surface area contributed by atoms with Crippen molar-refractivity contribution in [1.82, 2.24) is 0 Å². The van der Waals surface area contributed by atoms with Crippen LogP contribution in [-0.2, 0) is 28.5 Å². The Morgan fingerprint density at radius 1 is 1.30 bits per heavy atom. The molecule has 0 aromatic heterocycles. The summed E-state index contributed by atoms with van der Waals surface area (Å²) < 4.78 is 46.0. The molecule has 158 valence electrons. The van der Waals surface area contributed by atoms with E-state index in [4.69, 9.17) is 18.4 Å². The Bertz CT molecular complexity index is 587. The molecule has 0 aromatic carbocycles. The van der Waals surface area contributed by atoms with E-state index in [1.165, 1.54) is 0 Å². The molecule has 0 saturated carbocycles. The lowest BCUT2D eigenvalue weighted by Crippen LogP contribution is -2.23. The molecule has 1 heterocycles. The van der Waals surface area contributed by atoms with E-state index in [9.17, 15) is 8.42 Å². The molecule has 4 atom stereocenters. The smallest absolute Gasteiger partial charge is 0.264 e. The Balaban J connectivity index is 2.56. The topological polar surface area (TPSA) is 71.1 Å². The molecule has 1 aliphatic rings. The third-order valence-electron chi connectivity index (χ3n) is 4.76. The lowest BCUT2D eigenvalue weighted by molar-refractivity contribution is -0.112. The first-order valence-electron chi connectivity index (χ1n) is 9.17. The fourth-order valence-corrected chi connectivity index (χ4v) is 4.13. The standard InChI is InChI=1S/C19H33IO6S/c1-13(15(3)20)11-17(26-27(6,21)22)7-9-18-14(2)12-16(25-18)8-10-19(23-4)24-5/h13,16-19H,2-3,7-12H2,1,4-6H3/t13-,16-,17+,18-/m0/s1. The Hall–Kier alpha value is -0.0000000000000000555. The summed E-state index contributed by atoms with van der Waals surface area (Å²) in [4.78, 5) is 0. The third-order valence-corrected chi connectivity index (χ3v) is 6.45. The molecule has 0 radical (unpaired) electrons. The zero-order chi connectivity index (χ0) is 20.6. The maximum absolute atomic E-state index is 11.6. The third kappa shape index (κ3) is 9.85. The summed E-state index contributed by atoms with van der Waals surface area (Å²) in [6.45, 7) is 10.1. The molecule has 0 amide bonds. The lowest BCUT2D eigenvalue weighted by Gasteiger charge is -2.22. The molecule has 27 heavy (non-hydrogen) atoms. The highest BCUT2D eigenvalue weighted by Crippen LogP contribution is 2.32. The first-order chi connectivity index (χ1) is 12.6. The van der Waals surface area contributed by atoms with Gasteiger partial charge in [0, 0.05) is 20.6 Å². The molecule has 8 heteroatoms. The molecule has 1 saturated heterocycles. The Labute approximate surface area is 177 Å². The van der Waals surface area contributed by atoms with Crippen LogP contribution in [0.15, 0.2) is 22.3 Å². The van der Waals surface area contributed by atoms with Crippen molar-refractivity contribution in [3.63, 3.8) is 0 Å². The van der Waals surface area contributed by atoms with Gasteiger partial charge in [0.15, 0.2) is 6.29 Å². The molecule has 1 aliphatic heterocycles. The van der Waals surface area contributed by atoms with Gasteiger partial charge in [0.1, 0.15) is 0 Å². The van der Waals surface area contributed by atoms with Gasteiger partial charge < -0.3 is 14.2 Å². The molecular formula is C19H33IO6S. The van der Waals surface area contributed by atoms with E-state index in [0.717, 1.165) is 34.7 Å². The van der Waals surface area contributed by atoms with Gasteiger partial charge in [0.25, 0.3) is 10.1 Å². The summed E-state index contributed by atoms with van der Waals surface area (Å²) in [6, 6.07) is 0. The predicted molar refractivity (Wildman–Crippen MR) is 115 cm³/mol. The van der Waals surface area contributed by atoms with E-state index in [-0.39, 0.29) is 30.5 Å². The average Bonchev–Trinajstić information content (AvgIpc) is 2.92. The van der Waals surface area contributed by atoms with Crippen molar-refractivity contribution in [1.29, 1.82) is 0 Å². The van der Waals surface area contributed by atoms with Gasteiger partial charge in [-0.15, -0.1) is 0 Å². The van der Waals surface area contributed by atoms with Crippen LogP contribution >= 0.6 is 22.6 Å². The molecule has 0 spiro atoms.